The number of allylic oxidation sites excluding steroid dienone is 2. The Labute approximate surface area is 148 Å². The van der Waals surface area contributed by atoms with Crippen LogP contribution in [0.2, 0.25) is 0 Å². The van der Waals surface area contributed by atoms with Crippen molar-refractivity contribution < 1.29 is 14.3 Å². The molecule has 0 bridgehead atoms. The molecule has 2 aromatic carbocycles. The predicted molar refractivity (Wildman–Crippen MR) is 100 cm³/mol. The summed E-state index contributed by atoms with van der Waals surface area (Å²) in [4.78, 5) is 12.5. The van der Waals surface area contributed by atoms with Gasteiger partial charge in [0, 0.05) is 6.07 Å². The van der Waals surface area contributed by atoms with E-state index in [4.69, 9.17) is 9.47 Å². The highest BCUT2D eigenvalue weighted by Crippen LogP contribution is 2.34. The molecule has 2 aromatic rings. The van der Waals surface area contributed by atoms with Gasteiger partial charge in [0.1, 0.15) is 18.1 Å². The van der Waals surface area contributed by atoms with Crippen LogP contribution in [0.5, 0.6) is 11.5 Å². The van der Waals surface area contributed by atoms with Crippen LogP contribution >= 0.6 is 0 Å². The summed E-state index contributed by atoms with van der Waals surface area (Å²) in [5.74, 6) is 1.50. The first-order valence-electron chi connectivity index (χ1n) is 8.50. The van der Waals surface area contributed by atoms with Crippen molar-refractivity contribution in [2.75, 3.05) is 6.61 Å². The summed E-state index contributed by atoms with van der Waals surface area (Å²) >= 11 is 0. The molecule has 0 amide bonds. The summed E-state index contributed by atoms with van der Waals surface area (Å²) in [6.45, 7) is 6.67. The predicted octanol–water partition coefficient (Wildman–Crippen LogP) is 5.21. The molecule has 0 spiro atoms. The second-order valence-corrected chi connectivity index (χ2v) is 6.29. The molecule has 25 heavy (non-hydrogen) atoms. The number of rotatable bonds is 5. The van der Waals surface area contributed by atoms with E-state index in [9.17, 15) is 4.79 Å². The Bertz CT molecular complexity index is 838. The third kappa shape index (κ3) is 4.00. The third-order valence-corrected chi connectivity index (χ3v) is 4.07. The summed E-state index contributed by atoms with van der Waals surface area (Å²) in [5, 5.41) is 0. The molecule has 0 saturated carbocycles. The van der Waals surface area contributed by atoms with E-state index in [0.29, 0.717) is 29.4 Å². The van der Waals surface area contributed by atoms with Crippen LogP contribution in [0, 0.1) is 0 Å². The molecule has 1 aliphatic heterocycles. The maximum atomic E-state index is 12.5. The Kier molecular flexibility index (Phi) is 5.03. The van der Waals surface area contributed by atoms with E-state index in [1.54, 1.807) is 24.3 Å². The fourth-order valence-electron chi connectivity index (χ4n) is 2.56. The lowest BCUT2D eigenvalue weighted by Gasteiger charge is -2.05. The standard InChI is InChI=1S/C22H22O3/c1-4-16-5-7-17(8-6-16)13-21-22(23)19-10-9-18(14-20(19)25-21)24-12-11-15(2)3/h5-11,13-14H,4,12H2,1-3H3/b21-13-. The minimum atomic E-state index is -0.0922. The molecule has 0 unspecified atom stereocenters. The monoisotopic (exact) mass is 334 g/mol. The molecular weight excluding hydrogens is 312 g/mol. The van der Waals surface area contributed by atoms with E-state index in [1.807, 2.05) is 32.1 Å². The fraction of sp³-hybridized carbons (Fsp3) is 0.227. The molecule has 0 aliphatic carbocycles. The van der Waals surface area contributed by atoms with Crippen LogP contribution < -0.4 is 9.47 Å². The lowest BCUT2D eigenvalue weighted by molar-refractivity contribution is 0.101. The van der Waals surface area contributed by atoms with Crippen molar-refractivity contribution in [2.45, 2.75) is 27.2 Å². The molecule has 0 aromatic heterocycles. The van der Waals surface area contributed by atoms with Crippen molar-refractivity contribution in [3.8, 4) is 11.5 Å². The Morgan fingerprint density at radius 1 is 1.12 bits per heavy atom. The highest BCUT2D eigenvalue weighted by Gasteiger charge is 2.27. The van der Waals surface area contributed by atoms with Gasteiger partial charge in [-0.25, -0.2) is 0 Å². The summed E-state index contributed by atoms with van der Waals surface area (Å²) in [6, 6.07) is 13.5. The maximum Gasteiger partial charge on any atom is 0.231 e. The molecule has 0 N–H and O–H groups in total. The Morgan fingerprint density at radius 2 is 1.88 bits per heavy atom. The van der Waals surface area contributed by atoms with Gasteiger partial charge in [-0.15, -0.1) is 0 Å². The quantitative estimate of drug-likeness (QED) is 0.556. The molecule has 3 heteroatoms. The van der Waals surface area contributed by atoms with Crippen LogP contribution in [0.1, 0.15) is 42.3 Å². The first kappa shape index (κ1) is 17.0. The molecule has 1 aliphatic rings. The van der Waals surface area contributed by atoms with Crippen molar-refractivity contribution in [1.29, 1.82) is 0 Å². The number of hydrogen-bond donors (Lipinski definition) is 0. The largest absolute Gasteiger partial charge is 0.489 e. The van der Waals surface area contributed by atoms with Gasteiger partial charge in [0.25, 0.3) is 0 Å². The summed E-state index contributed by atoms with van der Waals surface area (Å²) in [7, 11) is 0. The minimum absolute atomic E-state index is 0.0922. The lowest BCUT2D eigenvalue weighted by atomic mass is 10.1. The number of benzene rings is 2. The van der Waals surface area contributed by atoms with E-state index in [1.165, 1.54) is 11.1 Å². The van der Waals surface area contributed by atoms with E-state index < -0.39 is 0 Å². The van der Waals surface area contributed by atoms with Crippen molar-refractivity contribution in [2.24, 2.45) is 0 Å². The number of carbonyl (C=O) groups excluding carboxylic acids is 1. The van der Waals surface area contributed by atoms with Gasteiger partial charge >= 0.3 is 0 Å². The third-order valence-electron chi connectivity index (χ3n) is 4.07. The number of ketones is 1. The second-order valence-electron chi connectivity index (χ2n) is 6.29. The highest BCUT2D eigenvalue weighted by atomic mass is 16.5. The number of carbonyl (C=O) groups is 1. The Hall–Kier alpha value is -2.81. The van der Waals surface area contributed by atoms with Crippen molar-refractivity contribution in [3.05, 3.63) is 76.6 Å². The van der Waals surface area contributed by atoms with Crippen LogP contribution in [0.25, 0.3) is 6.08 Å². The number of hydrogen-bond acceptors (Lipinski definition) is 3. The highest BCUT2D eigenvalue weighted by molar-refractivity contribution is 6.14. The van der Waals surface area contributed by atoms with Gasteiger partial charge in [-0.3, -0.25) is 4.79 Å². The summed E-state index contributed by atoms with van der Waals surface area (Å²) < 4.78 is 11.4. The molecule has 3 nitrogen and oxygen atoms in total. The number of Topliss-reactive ketones (excluding diaryl/α,β-unsaturated/α-hetero) is 1. The first-order valence-corrected chi connectivity index (χ1v) is 8.50. The van der Waals surface area contributed by atoms with Gasteiger partial charge in [-0.2, -0.15) is 0 Å². The normalized spacial score (nSPS) is 14.2. The van der Waals surface area contributed by atoms with Crippen molar-refractivity contribution >= 4 is 11.9 Å². The molecule has 1 heterocycles. The van der Waals surface area contributed by atoms with E-state index >= 15 is 0 Å². The number of aryl methyl sites for hydroxylation is 1. The van der Waals surface area contributed by atoms with Gasteiger partial charge in [-0.05, 0) is 55.7 Å². The molecular formula is C22H22O3. The first-order chi connectivity index (χ1) is 12.1. The van der Waals surface area contributed by atoms with Crippen LogP contribution in [-0.4, -0.2) is 12.4 Å². The Morgan fingerprint density at radius 3 is 2.56 bits per heavy atom. The topological polar surface area (TPSA) is 35.5 Å². The zero-order valence-electron chi connectivity index (χ0n) is 14.8. The molecule has 3 rings (SSSR count). The average Bonchev–Trinajstić information content (AvgIpc) is 2.90. The van der Waals surface area contributed by atoms with Crippen molar-refractivity contribution in [1.82, 2.24) is 0 Å². The lowest BCUT2D eigenvalue weighted by Crippen LogP contribution is -1.98. The number of ether oxygens (including phenoxy) is 2. The van der Waals surface area contributed by atoms with Gasteiger partial charge in [-0.1, -0.05) is 36.8 Å². The molecule has 128 valence electrons. The van der Waals surface area contributed by atoms with Crippen LogP contribution in [-0.2, 0) is 6.42 Å². The zero-order chi connectivity index (χ0) is 17.8. The van der Waals surface area contributed by atoms with Crippen LogP contribution in [0.4, 0.5) is 0 Å². The molecule has 0 saturated heterocycles. The summed E-state index contributed by atoms with van der Waals surface area (Å²) in [5.41, 5.74) is 3.99. The number of fused-ring (bicyclic) bond motifs is 1. The average molecular weight is 334 g/mol. The maximum absolute atomic E-state index is 12.5. The van der Waals surface area contributed by atoms with Gasteiger partial charge < -0.3 is 9.47 Å². The van der Waals surface area contributed by atoms with Gasteiger partial charge in [0.15, 0.2) is 5.76 Å². The molecule has 0 fully saturated rings. The molecule has 0 atom stereocenters. The Balaban J connectivity index is 1.77. The second kappa shape index (κ2) is 7.39. The van der Waals surface area contributed by atoms with E-state index in [2.05, 4.69) is 19.1 Å². The fourth-order valence-corrected chi connectivity index (χ4v) is 2.56. The molecule has 0 radical (unpaired) electrons. The van der Waals surface area contributed by atoms with Crippen molar-refractivity contribution in [3.63, 3.8) is 0 Å². The van der Waals surface area contributed by atoms with Gasteiger partial charge in [0.2, 0.25) is 5.78 Å². The zero-order valence-corrected chi connectivity index (χ0v) is 14.8. The van der Waals surface area contributed by atoms with Crippen LogP contribution in [0.15, 0.2) is 59.9 Å². The minimum Gasteiger partial charge on any atom is -0.489 e. The van der Waals surface area contributed by atoms with E-state index in [-0.39, 0.29) is 5.78 Å². The SMILES string of the molecule is CCc1ccc(/C=C2\Oc3cc(OCC=C(C)C)ccc3C2=O)cc1. The smallest absolute Gasteiger partial charge is 0.231 e. The van der Waals surface area contributed by atoms with Gasteiger partial charge in [0.05, 0.1) is 5.56 Å². The summed E-state index contributed by atoms with van der Waals surface area (Å²) in [6.07, 6.45) is 4.78. The van der Waals surface area contributed by atoms with Crippen LogP contribution in [0.3, 0.4) is 0 Å². The van der Waals surface area contributed by atoms with E-state index in [0.717, 1.165) is 12.0 Å².